The van der Waals surface area contributed by atoms with Crippen LogP contribution in [0.1, 0.15) is 22.9 Å². The van der Waals surface area contributed by atoms with Gasteiger partial charge in [0.25, 0.3) is 11.8 Å². The van der Waals surface area contributed by atoms with Crippen molar-refractivity contribution in [1.82, 2.24) is 15.2 Å². The first kappa shape index (κ1) is 30.2. The molecule has 0 spiro atoms. The van der Waals surface area contributed by atoms with Crippen LogP contribution in [0, 0.1) is 11.3 Å². The average Bonchev–Trinajstić information content (AvgIpc) is 3.52. The van der Waals surface area contributed by atoms with Crippen LogP contribution in [0.2, 0.25) is 0 Å². The lowest BCUT2D eigenvalue weighted by atomic mass is 10.0. The molecule has 2 aliphatic heterocycles. The fourth-order valence-corrected chi connectivity index (χ4v) is 6.57. The van der Waals surface area contributed by atoms with Gasteiger partial charge in [-0.15, -0.1) is 23.1 Å². The second kappa shape index (κ2) is 13.8. The van der Waals surface area contributed by atoms with E-state index in [-0.39, 0.29) is 22.2 Å². The molecule has 222 valence electrons. The van der Waals surface area contributed by atoms with Crippen molar-refractivity contribution in [3.63, 3.8) is 0 Å². The van der Waals surface area contributed by atoms with E-state index in [4.69, 9.17) is 14.8 Å². The first-order chi connectivity index (χ1) is 21.5. The van der Waals surface area contributed by atoms with Gasteiger partial charge in [0.15, 0.2) is 16.9 Å². The molecule has 2 aliphatic rings. The number of anilines is 1. The number of carbonyl (C=O) groups excluding carboxylic acids is 4. The number of thiazole rings is 1. The summed E-state index contributed by atoms with van der Waals surface area (Å²) in [5.41, 5.74) is 1.88. The number of nitrogens with one attached hydrogen (secondary N) is 2. The molecule has 5 rings (SSSR count). The van der Waals surface area contributed by atoms with Crippen molar-refractivity contribution >= 4 is 58.1 Å². The average molecular weight is 629 g/mol. The molecule has 0 bridgehead atoms. The number of nitriles is 1. The van der Waals surface area contributed by atoms with E-state index in [1.807, 2.05) is 60.7 Å². The van der Waals surface area contributed by atoms with Gasteiger partial charge in [0, 0.05) is 11.1 Å². The maximum atomic E-state index is 13.8. The van der Waals surface area contributed by atoms with Crippen molar-refractivity contribution in [2.45, 2.75) is 17.5 Å². The van der Waals surface area contributed by atoms with Crippen molar-refractivity contribution in [3.8, 4) is 6.07 Å². The van der Waals surface area contributed by atoms with Crippen LogP contribution in [0.5, 0.6) is 0 Å². The van der Waals surface area contributed by atoms with Gasteiger partial charge in [0.1, 0.15) is 28.9 Å². The lowest BCUT2D eigenvalue weighted by molar-refractivity contribution is -0.154. The molecule has 3 heterocycles. The van der Waals surface area contributed by atoms with Crippen LogP contribution in [0.25, 0.3) is 0 Å². The maximum absolute atomic E-state index is 13.8. The lowest BCUT2D eigenvalue weighted by Gasteiger charge is -2.49. The molecule has 1 fully saturated rings. The molecule has 2 atom stereocenters. The summed E-state index contributed by atoms with van der Waals surface area (Å²) in [6, 6.07) is 19.3. The lowest BCUT2D eigenvalue weighted by Crippen LogP contribution is -2.71. The van der Waals surface area contributed by atoms with E-state index < -0.39 is 41.9 Å². The van der Waals surface area contributed by atoms with Crippen molar-refractivity contribution in [2.24, 2.45) is 5.16 Å². The van der Waals surface area contributed by atoms with Gasteiger partial charge in [-0.3, -0.25) is 19.3 Å². The molecule has 2 N–H and O–H groups in total. The van der Waals surface area contributed by atoms with Crippen LogP contribution in [0.3, 0.4) is 0 Å². The minimum atomic E-state index is -1.01. The van der Waals surface area contributed by atoms with Gasteiger partial charge in [-0.05, 0) is 16.7 Å². The van der Waals surface area contributed by atoms with Crippen molar-refractivity contribution in [3.05, 3.63) is 107 Å². The number of esters is 1. The number of thioether (sulfide) groups is 1. The maximum Gasteiger partial charge on any atom is 0.356 e. The molecular weight excluding hydrogens is 605 g/mol. The van der Waals surface area contributed by atoms with Crippen LogP contribution < -0.4 is 10.6 Å². The van der Waals surface area contributed by atoms with E-state index in [0.29, 0.717) is 17.7 Å². The van der Waals surface area contributed by atoms with Gasteiger partial charge in [-0.25, -0.2) is 9.78 Å². The first-order valence-electron chi connectivity index (χ1n) is 13.1. The topological polar surface area (TPSA) is 163 Å². The van der Waals surface area contributed by atoms with E-state index in [1.54, 1.807) is 6.07 Å². The standard InChI is InChI=1S/C30H24N6O6S2/c1-2-18-15-43-28-23(34-26(38)22(35-41-14-13-31)21-16-44-30(33-21)32-17-37)27(39)36(28)24(18)29(40)42-25(19-9-5-3-6-10-19)20-11-7-4-8-12-20/h2-12,16-17,23,25,28H,1,14-15H2,(H,34,38)(H,32,33,37)/t23?,28-/m0/s1. The Morgan fingerprint density at radius 3 is 2.48 bits per heavy atom. The number of fused-ring (bicyclic) bond motifs is 1. The molecule has 3 amide bonds. The second-order valence-corrected chi connectivity index (χ2v) is 11.2. The molecule has 12 nitrogen and oxygen atoms in total. The van der Waals surface area contributed by atoms with E-state index in [9.17, 15) is 19.2 Å². The summed E-state index contributed by atoms with van der Waals surface area (Å²) in [5, 5.41) is 18.6. The smallest absolute Gasteiger partial charge is 0.356 e. The summed E-state index contributed by atoms with van der Waals surface area (Å²) in [5.74, 6) is -1.68. The van der Waals surface area contributed by atoms with Gasteiger partial charge in [0.05, 0.1) is 0 Å². The third-order valence-corrected chi connectivity index (χ3v) is 8.66. The molecule has 3 aromatic rings. The summed E-state index contributed by atoms with van der Waals surface area (Å²) >= 11 is 2.39. The summed E-state index contributed by atoms with van der Waals surface area (Å²) in [4.78, 5) is 61.7. The van der Waals surface area contributed by atoms with Gasteiger partial charge in [-0.1, -0.05) is 78.5 Å². The molecule has 0 saturated carbocycles. The molecule has 1 unspecified atom stereocenters. The van der Waals surface area contributed by atoms with Gasteiger partial charge in [-0.2, -0.15) is 5.26 Å². The number of nitrogens with zero attached hydrogens (tertiary/aromatic N) is 4. The zero-order valence-corrected chi connectivity index (χ0v) is 24.5. The van der Waals surface area contributed by atoms with E-state index in [1.165, 1.54) is 28.1 Å². The van der Waals surface area contributed by atoms with Crippen LogP contribution in [-0.2, 0) is 28.8 Å². The van der Waals surface area contributed by atoms with Gasteiger partial charge < -0.3 is 20.2 Å². The number of carbonyl (C=O) groups is 4. The Hall–Kier alpha value is -5.26. The molecule has 2 aromatic carbocycles. The molecule has 0 aliphatic carbocycles. The summed E-state index contributed by atoms with van der Waals surface area (Å²) < 4.78 is 6.05. The predicted molar refractivity (Wildman–Crippen MR) is 163 cm³/mol. The molecular formula is C30H24N6O6S2. The summed E-state index contributed by atoms with van der Waals surface area (Å²) in [7, 11) is 0. The minimum absolute atomic E-state index is 0.0615. The van der Waals surface area contributed by atoms with Crippen LogP contribution >= 0.6 is 23.1 Å². The SMILES string of the molecule is C=CC1=C(C(=O)OC(c2ccccc2)c2ccccc2)N2C(=O)C(NC(=O)C(=NOCC#N)c3csc(NC=O)n3)[C@@H]2SC1. The van der Waals surface area contributed by atoms with Gasteiger partial charge >= 0.3 is 5.97 Å². The Balaban J connectivity index is 1.37. The number of hydrogen-bond acceptors (Lipinski definition) is 11. The Morgan fingerprint density at radius 2 is 1.86 bits per heavy atom. The van der Waals surface area contributed by atoms with Crippen LogP contribution in [0.4, 0.5) is 5.13 Å². The number of oxime groups is 1. The third-order valence-electron chi connectivity index (χ3n) is 6.58. The van der Waals surface area contributed by atoms with Gasteiger partial charge in [0.2, 0.25) is 13.0 Å². The highest BCUT2D eigenvalue weighted by atomic mass is 32.2. The summed E-state index contributed by atoms with van der Waals surface area (Å²) in [6.07, 6.45) is 1.22. The second-order valence-electron chi connectivity index (χ2n) is 9.22. The highest BCUT2D eigenvalue weighted by molar-refractivity contribution is 8.00. The molecule has 1 aromatic heterocycles. The number of benzene rings is 2. The monoisotopic (exact) mass is 628 g/mol. The minimum Gasteiger partial charge on any atom is -0.448 e. The number of amides is 3. The zero-order valence-electron chi connectivity index (χ0n) is 22.9. The first-order valence-corrected chi connectivity index (χ1v) is 15.0. The largest absolute Gasteiger partial charge is 0.448 e. The third kappa shape index (κ3) is 6.24. The quantitative estimate of drug-likeness (QED) is 0.0766. The number of rotatable bonds is 12. The van der Waals surface area contributed by atoms with Crippen molar-refractivity contribution in [1.29, 1.82) is 5.26 Å². The number of ether oxygens (including phenoxy) is 1. The Morgan fingerprint density at radius 1 is 1.18 bits per heavy atom. The predicted octanol–water partition coefficient (Wildman–Crippen LogP) is 3.13. The highest BCUT2D eigenvalue weighted by Crippen LogP contribution is 2.42. The fraction of sp³-hybridized carbons (Fsp3) is 0.167. The van der Waals surface area contributed by atoms with E-state index in [0.717, 1.165) is 22.5 Å². The van der Waals surface area contributed by atoms with Crippen LogP contribution in [0.15, 0.2) is 95.1 Å². The zero-order chi connectivity index (χ0) is 31.1. The summed E-state index contributed by atoms with van der Waals surface area (Å²) in [6.45, 7) is 3.40. The highest BCUT2D eigenvalue weighted by Gasteiger charge is 2.54. The molecule has 1 saturated heterocycles. The van der Waals surface area contributed by atoms with Crippen molar-refractivity contribution < 1.29 is 28.8 Å². The Bertz CT molecular complexity index is 1640. The van der Waals surface area contributed by atoms with Crippen molar-refractivity contribution in [2.75, 3.05) is 17.7 Å². The number of aromatic nitrogens is 1. The molecule has 14 heteroatoms. The number of hydrogen-bond donors (Lipinski definition) is 2. The molecule has 44 heavy (non-hydrogen) atoms. The number of allylic oxidation sites excluding steroid dienone is 1. The molecule has 0 radical (unpaired) electrons. The normalized spacial score (nSPS) is 17.6. The van der Waals surface area contributed by atoms with E-state index in [2.05, 4.69) is 27.4 Å². The Labute approximate surface area is 260 Å². The van der Waals surface area contributed by atoms with E-state index >= 15 is 0 Å². The Kier molecular flexibility index (Phi) is 9.48. The fourth-order valence-electron chi connectivity index (χ4n) is 4.57. The van der Waals surface area contributed by atoms with Crippen LogP contribution in [-0.4, -0.2) is 63.6 Å². The number of β-lactam (4-membered cyclic amide) rings is 1.